The van der Waals surface area contributed by atoms with E-state index >= 15 is 0 Å². The number of hydrogen-bond acceptors (Lipinski definition) is 2. The van der Waals surface area contributed by atoms with Crippen LogP contribution in [0.2, 0.25) is 0 Å². The van der Waals surface area contributed by atoms with Gasteiger partial charge in [0.2, 0.25) is 0 Å². The molecule has 1 aliphatic heterocycles. The third-order valence-corrected chi connectivity index (χ3v) is 4.51. The van der Waals surface area contributed by atoms with Gasteiger partial charge in [0, 0.05) is 6.54 Å². The Hall–Kier alpha value is -1.06. The molecule has 4 nitrogen and oxygen atoms in total. The largest absolute Gasteiger partial charge is 0.385 e. The summed E-state index contributed by atoms with van der Waals surface area (Å²) in [6.45, 7) is 9.50. The summed E-state index contributed by atoms with van der Waals surface area (Å²) in [6, 6.07) is -0.136. The zero-order chi connectivity index (χ0) is 13.5. The molecule has 1 spiro atoms. The van der Waals surface area contributed by atoms with Crippen molar-refractivity contribution in [3.63, 3.8) is 0 Å². The summed E-state index contributed by atoms with van der Waals surface area (Å²) in [6.07, 6.45) is 3.21. The molecule has 1 heterocycles. The van der Waals surface area contributed by atoms with Crippen LogP contribution in [0.3, 0.4) is 0 Å². The van der Waals surface area contributed by atoms with Crippen molar-refractivity contribution in [2.75, 3.05) is 6.54 Å². The van der Waals surface area contributed by atoms with Gasteiger partial charge in [0.05, 0.1) is 0 Å². The normalized spacial score (nSPS) is 36.6. The summed E-state index contributed by atoms with van der Waals surface area (Å²) in [4.78, 5) is 18.1. The highest BCUT2D eigenvalue weighted by Crippen LogP contribution is 2.44. The lowest BCUT2D eigenvalue weighted by molar-refractivity contribution is 0.0766. The van der Waals surface area contributed by atoms with E-state index in [1.165, 1.54) is 0 Å². The summed E-state index contributed by atoms with van der Waals surface area (Å²) in [5.41, 5.74) is 5.83. The zero-order valence-electron chi connectivity index (χ0n) is 11.9. The summed E-state index contributed by atoms with van der Waals surface area (Å²) in [5, 5.41) is 0. The summed E-state index contributed by atoms with van der Waals surface area (Å²) >= 11 is 0. The number of urea groups is 1. The molecule has 0 bridgehead atoms. The van der Waals surface area contributed by atoms with Crippen LogP contribution in [0.1, 0.15) is 47.0 Å². The SMILES string of the molecule is CC(C)CN1C(=O)N=C(N)C12CCC(C)CC2C. The van der Waals surface area contributed by atoms with Crippen LogP contribution in [0.25, 0.3) is 0 Å². The molecule has 2 N–H and O–H groups in total. The van der Waals surface area contributed by atoms with Crippen LogP contribution < -0.4 is 5.73 Å². The Balaban J connectivity index is 2.32. The van der Waals surface area contributed by atoms with Crippen LogP contribution in [0.4, 0.5) is 4.79 Å². The first-order chi connectivity index (χ1) is 8.37. The second-order valence-corrected chi connectivity index (χ2v) is 6.49. The molecular weight excluding hydrogens is 226 g/mol. The van der Waals surface area contributed by atoms with Crippen molar-refractivity contribution >= 4 is 11.9 Å². The summed E-state index contributed by atoms with van der Waals surface area (Å²) < 4.78 is 0. The van der Waals surface area contributed by atoms with E-state index in [0.29, 0.717) is 17.7 Å². The standard InChI is InChI=1S/C14H25N3O/c1-9(2)8-17-13(18)16-12(15)14(17)6-5-10(3)7-11(14)4/h9-11H,5-8H2,1-4H3,(H2,15,16,18). The molecule has 2 rings (SSSR count). The van der Waals surface area contributed by atoms with Crippen LogP contribution in [-0.4, -0.2) is 28.9 Å². The Bertz CT molecular complexity index is 377. The number of nitrogens with zero attached hydrogens (tertiary/aromatic N) is 2. The minimum atomic E-state index is -0.298. The first kappa shape index (κ1) is 13.4. The predicted molar refractivity (Wildman–Crippen MR) is 73.5 cm³/mol. The number of amidine groups is 1. The number of hydrogen-bond donors (Lipinski definition) is 1. The average molecular weight is 251 g/mol. The van der Waals surface area contributed by atoms with Crippen molar-refractivity contribution in [3.05, 3.63) is 0 Å². The second-order valence-electron chi connectivity index (χ2n) is 6.49. The number of rotatable bonds is 2. The van der Waals surface area contributed by atoms with E-state index in [-0.39, 0.29) is 11.6 Å². The van der Waals surface area contributed by atoms with Gasteiger partial charge in [0.1, 0.15) is 11.4 Å². The van der Waals surface area contributed by atoms with E-state index in [9.17, 15) is 4.79 Å². The lowest BCUT2D eigenvalue weighted by Crippen LogP contribution is -2.61. The van der Waals surface area contributed by atoms with E-state index < -0.39 is 0 Å². The Morgan fingerprint density at radius 3 is 2.72 bits per heavy atom. The molecule has 1 fully saturated rings. The van der Waals surface area contributed by atoms with Gasteiger partial charge in [-0.1, -0.05) is 27.7 Å². The summed E-state index contributed by atoms with van der Waals surface area (Å²) in [5.74, 6) is 2.11. The monoisotopic (exact) mass is 251 g/mol. The van der Waals surface area contributed by atoms with Crippen molar-refractivity contribution in [3.8, 4) is 0 Å². The quantitative estimate of drug-likeness (QED) is 0.820. The topological polar surface area (TPSA) is 58.7 Å². The number of carbonyl (C=O) groups is 1. The molecule has 0 aromatic carbocycles. The highest BCUT2D eigenvalue weighted by molar-refractivity contribution is 6.06. The number of aliphatic imine (C=N–C) groups is 1. The van der Waals surface area contributed by atoms with Crippen molar-refractivity contribution in [1.29, 1.82) is 0 Å². The van der Waals surface area contributed by atoms with E-state index in [0.717, 1.165) is 31.7 Å². The van der Waals surface area contributed by atoms with Gasteiger partial charge < -0.3 is 10.6 Å². The molecule has 0 aromatic rings. The van der Waals surface area contributed by atoms with Crippen molar-refractivity contribution in [1.82, 2.24) is 4.90 Å². The maximum Gasteiger partial charge on any atom is 0.346 e. The molecule has 1 aliphatic carbocycles. The third kappa shape index (κ3) is 1.91. The molecule has 0 radical (unpaired) electrons. The van der Waals surface area contributed by atoms with Gasteiger partial charge in [-0.25, -0.2) is 4.79 Å². The maximum absolute atomic E-state index is 12.1. The Morgan fingerprint density at radius 2 is 2.17 bits per heavy atom. The molecule has 3 unspecified atom stereocenters. The van der Waals surface area contributed by atoms with E-state index in [2.05, 4.69) is 32.7 Å². The first-order valence-corrected chi connectivity index (χ1v) is 7.04. The van der Waals surface area contributed by atoms with Crippen molar-refractivity contribution < 1.29 is 4.79 Å². The van der Waals surface area contributed by atoms with Crippen molar-refractivity contribution in [2.45, 2.75) is 52.5 Å². The van der Waals surface area contributed by atoms with Crippen LogP contribution in [0.15, 0.2) is 4.99 Å². The fourth-order valence-electron chi connectivity index (χ4n) is 3.59. The molecule has 18 heavy (non-hydrogen) atoms. The fraction of sp³-hybridized carbons (Fsp3) is 0.857. The molecule has 4 heteroatoms. The maximum atomic E-state index is 12.1. The molecular formula is C14H25N3O. The van der Waals surface area contributed by atoms with Crippen molar-refractivity contribution in [2.24, 2.45) is 28.5 Å². The van der Waals surface area contributed by atoms with Gasteiger partial charge >= 0.3 is 6.03 Å². The second kappa shape index (κ2) is 4.56. The van der Waals surface area contributed by atoms with Crippen LogP contribution in [0.5, 0.6) is 0 Å². The van der Waals surface area contributed by atoms with Crippen LogP contribution in [0, 0.1) is 17.8 Å². The van der Waals surface area contributed by atoms with Gasteiger partial charge in [0.25, 0.3) is 0 Å². The molecule has 2 aliphatic rings. The van der Waals surface area contributed by atoms with Crippen LogP contribution >= 0.6 is 0 Å². The highest BCUT2D eigenvalue weighted by atomic mass is 16.2. The van der Waals surface area contributed by atoms with Gasteiger partial charge in [0.15, 0.2) is 0 Å². The zero-order valence-corrected chi connectivity index (χ0v) is 11.9. The molecule has 2 amide bonds. The first-order valence-electron chi connectivity index (χ1n) is 7.04. The van der Waals surface area contributed by atoms with E-state index in [4.69, 9.17) is 5.73 Å². The van der Waals surface area contributed by atoms with Gasteiger partial charge in [-0.05, 0) is 37.0 Å². The number of nitrogens with two attached hydrogens (primary N) is 1. The predicted octanol–water partition coefficient (Wildman–Crippen LogP) is 2.63. The van der Waals surface area contributed by atoms with Gasteiger partial charge in [-0.15, -0.1) is 0 Å². The van der Waals surface area contributed by atoms with E-state index in [1.54, 1.807) is 0 Å². The average Bonchev–Trinajstić information content (AvgIpc) is 2.47. The Kier molecular flexibility index (Phi) is 3.39. The molecule has 102 valence electrons. The highest BCUT2D eigenvalue weighted by Gasteiger charge is 2.53. The van der Waals surface area contributed by atoms with Gasteiger partial charge in [-0.2, -0.15) is 4.99 Å². The lowest BCUT2D eigenvalue weighted by atomic mass is 9.68. The summed E-state index contributed by atoms with van der Waals surface area (Å²) in [7, 11) is 0. The molecule has 3 atom stereocenters. The fourth-order valence-corrected chi connectivity index (χ4v) is 3.59. The van der Waals surface area contributed by atoms with Crippen LogP contribution in [-0.2, 0) is 0 Å². The van der Waals surface area contributed by atoms with E-state index in [1.807, 2.05) is 4.90 Å². The molecule has 0 saturated heterocycles. The smallest absolute Gasteiger partial charge is 0.346 e. The minimum absolute atomic E-state index is 0.136. The number of carbonyl (C=O) groups excluding carboxylic acids is 1. The third-order valence-electron chi connectivity index (χ3n) is 4.51. The molecule has 1 saturated carbocycles. The molecule has 0 aromatic heterocycles. The lowest BCUT2D eigenvalue weighted by Gasteiger charge is -2.47. The van der Waals surface area contributed by atoms with Gasteiger partial charge in [-0.3, -0.25) is 0 Å². The minimum Gasteiger partial charge on any atom is -0.385 e. The Labute approximate surface area is 110 Å². The number of amides is 2. The Morgan fingerprint density at radius 1 is 1.50 bits per heavy atom.